The minimum atomic E-state index is -0.463. The first-order valence-electron chi connectivity index (χ1n) is 7.07. The Morgan fingerprint density at radius 2 is 1.53 bits per heavy atom. The van der Waals surface area contributed by atoms with Gasteiger partial charge in [-0.15, -0.1) is 0 Å². The van der Waals surface area contributed by atoms with Gasteiger partial charge in [0.15, 0.2) is 0 Å². The number of nitrogens with one attached hydrogen (secondary N) is 1. The fourth-order valence-electron chi connectivity index (χ4n) is 2.70. The Morgan fingerprint density at radius 3 is 1.94 bits per heavy atom. The molecule has 0 bridgehead atoms. The van der Waals surface area contributed by atoms with E-state index in [1.807, 2.05) is 0 Å². The smallest absolute Gasteiger partial charge is 0.0798 e. The van der Waals surface area contributed by atoms with Crippen molar-refractivity contribution in [1.82, 2.24) is 10.2 Å². The summed E-state index contributed by atoms with van der Waals surface area (Å²) in [6.07, 6.45) is 1.78. The molecular formula is C14H30N2O. The van der Waals surface area contributed by atoms with E-state index in [0.717, 1.165) is 45.6 Å². The monoisotopic (exact) mass is 242 g/mol. The van der Waals surface area contributed by atoms with Crippen molar-refractivity contribution in [3.63, 3.8) is 0 Å². The Morgan fingerprint density at radius 1 is 1.06 bits per heavy atom. The molecule has 0 saturated carbocycles. The van der Waals surface area contributed by atoms with Crippen LogP contribution in [-0.4, -0.2) is 48.3 Å². The third-order valence-corrected chi connectivity index (χ3v) is 3.30. The zero-order chi connectivity index (χ0) is 12.9. The van der Waals surface area contributed by atoms with Gasteiger partial charge in [-0.25, -0.2) is 0 Å². The van der Waals surface area contributed by atoms with Crippen LogP contribution < -0.4 is 5.32 Å². The first-order chi connectivity index (χ1) is 7.91. The van der Waals surface area contributed by atoms with Crippen molar-refractivity contribution in [1.29, 1.82) is 0 Å². The van der Waals surface area contributed by atoms with Crippen LogP contribution in [0.3, 0.4) is 0 Å². The van der Waals surface area contributed by atoms with Crippen molar-refractivity contribution in [2.75, 3.05) is 32.7 Å². The Balaban J connectivity index is 2.50. The summed E-state index contributed by atoms with van der Waals surface area (Å²) in [6, 6.07) is 0. The first-order valence-corrected chi connectivity index (χ1v) is 7.07. The minimum absolute atomic E-state index is 0.463. The van der Waals surface area contributed by atoms with E-state index in [9.17, 15) is 5.11 Å². The SMILES string of the molecule is CC(C)CN(CC(C)C)CC1(O)CCNCC1. The van der Waals surface area contributed by atoms with Crippen LogP contribution in [0.5, 0.6) is 0 Å². The van der Waals surface area contributed by atoms with Gasteiger partial charge in [-0.05, 0) is 37.8 Å². The fraction of sp³-hybridized carbons (Fsp3) is 1.00. The molecule has 0 spiro atoms. The van der Waals surface area contributed by atoms with Gasteiger partial charge in [0.25, 0.3) is 0 Å². The average molecular weight is 242 g/mol. The molecule has 17 heavy (non-hydrogen) atoms. The molecule has 1 saturated heterocycles. The maximum Gasteiger partial charge on any atom is 0.0798 e. The van der Waals surface area contributed by atoms with Crippen LogP contribution in [-0.2, 0) is 0 Å². The zero-order valence-electron chi connectivity index (χ0n) is 12.0. The maximum atomic E-state index is 10.6. The summed E-state index contributed by atoms with van der Waals surface area (Å²) in [4.78, 5) is 2.45. The number of nitrogens with zero attached hydrogens (tertiary/aromatic N) is 1. The lowest BCUT2D eigenvalue weighted by Gasteiger charge is -2.38. The summed E-state index contributed by atoms with van der Waals surface area (Å²) < 4.78 is 0. The lowest BCUT2D eigenvalue weighted by atomic mass is 9.91. The Hall–Kier alpha value is -0.120. The van der Waals surface area contributed by atoms with Crippen molar-refractivity contribution in [3.05, 3.63) is 0 Å². The lowest BCUT2D eigenvalue weighted by molar-refractivity contribution is -0.0253. The lowest BCUT2D eigenvalue weighted by Crippen LogP contribution is -2.51. The van der Waals surface area contributed by atoms with Gasteiger partial charge in [0.1, 0.15) is 0 Å². The van der Waals surface area contributed by atoms with E-state index >= 15 is 0 Å². The van der Waals surface area contributed by atoms with Crippen molar-refractivity contribution in [2.45, 2.75) is 46.1 Å². The number of rotatable bonds is 6. The molecule has 0 aromatic carbocycles. The van der Waals surface area contributed by atoms with Gasteiger partial charge >= 0.3 is 0 Å². The predicted molar refractivity (Wildman–Crippen MR) is 73.2 cm³/mol. The molecule has 3 nitrogen and oxygen atoms in total. The van der Waals surface area contributed by atoms with Crippen LogP contribution in [0.25, 0.3) is 0 Å². The molecule has 1 rings (SSSR count). The third kappa shape index (κ3) is 5.84. The molecule has 1 fully saturated rings. The highest BCUT2D eigenvalue weighted by Gasteiger charge is 2.31. The van der Waals surface area contributed by atoms with Crippen LogP contribution in [0.15, 0.2) is 0 Å². The van der Waals surface area contributed by atoms with Gasteiger partial charge in [0, 0.05) is 19.6 Å². The van der Waals surface area contributed by atoms with Gasteiger partial charge in [0.2, 0.25) is 0 Å². The molecule has 1 heterocycles. The molecule has 1 aliphatic rings. The van der Waals surface area contributed by atoms with E-state index in [-0.39, 0.29) is 0 Å². The second-order valence-electron chi connectivity index (χ2n) is 6.46. The minimum Gasteiger partial charge on any atom is -0.388 e. The molecule has 0 unspecified atom stereocenters. The van der Waals surface area contributed by atoms with Gasteiger partial charge in [-0.2, -0.15) is 0 Å². The average Bonchev–Trinajstić information content (AvgIpc) is 2.15. The summed E-state index contributed by atoms with van der Waals surface area (Å²) in [5.41, 5.74) is -0.463. The van der Waals surface area contributed by atoms with E-state index in [2.05, 4.69) is 37.9 Å². The third-order valence-electron chi connectivity index (χ3n) is 3.30. The second-order valence-corrected chi connectivity index (χ2v) is 6.46. The predicted octanol–water partition coefficient (Wildman–Crippen LogP) is 1.71. The van der Waals surface area contributed by atoms with E-state index in [1.54, 1.807) is 0 Å². The Labute approximate surface area is 107 Å². The zero-order valence-corrected chi connectivity index (χ0v) is 12.0. The molecule has 2 N–H and O–H groups in total. The quantitative estimate of drug-likeness (QED) is 0.744. The van der Waals surface area contributed by atoms with E-state index in [0.29, 0.717) is 11.8 Å². The largest absolute Gasteiger partial charge is 0.388 e. The second kappa shape index (κ2) is 6.72. The van der Waals surface area contributed by atoms with E-state index in [4.69, 9.17) is 0 Å². The number of piperidine rings is 1. The molecule has 3 heteroatoms. The molecule has 102 valence electrons. The van der Waals surface area contributed by atoms with Gasteiger partial charge in [-0.1, -0.05) is 27.7 Å². The van der Waals surface area contributed by atoms with Gasteiger partial charge in [-0.3, -0.25) is 4.90 Å². The summed E-state index contributed by atoms with van der Waals surface area (Å²) in [7, 11) is 0. The number of aliphatic hydroxyl groups is 1. The van der Waals surface area contributed by atoms with Crippen LogP contribution in [0.2, 0.25) is 0 Å². The van der Waals surface area contributed by atoms with Crippen molar-refractivity contribution < 1.29 is 5.11 Å². The molecule has 0 amide bonds. The summed E-state index contributed by atoms with van der Waals surface area (Å²) >= 11 is 0. The van der Waals surface area contributed by atoms with E-state index < -0.39 is 5.60 Å². The van der Waals surface area contributed by atoms with Crippen molar-refractivity contribution in [3.8, 4) is 0 Å². The Bertz CT molecular complexity index is 200. The van der Waals surface area contributed by atoms with Crippen molar-refractivity contribution >= 4 is 0 Å². The van der Waals surface area contributed by atoms with Crippen LogP contribution in [0, 0.1) is 11.8 Å². The van der Waals surface area contributed by atoms with Crippen LogP contribution >= 0.6 is 0 Å². The molecule has 0 atom stereocenters. The maximum absolute atomic E-state index is 10.6. The standard InChI is InChI=1S/C14H30N2O/c1-12(2)9-16(10-13(3)4)11-14(17)5-7-15-8-6-14/h12-13,15,17H,5-11H2,1-4H3. The van der Waals surface area contributed by atoms with Crippen LogP contribution in [0.4, 0.5) is 0 Å². The Kier molecular flexibility index (Phi) is 5.90. The van der Waals surface area contributed by atoms with Crippen LogP contribution in [0.1, 0.15) is 40.5 Å². The molecule has 0 aliphatic carbocycles. The highest BCUT2D eigenvalue weighted by atomic mass is 16.3. The summed E-state index contributed by atoms with van der Waals surface area (Å²) in [6.45, 7) is 13.9. The van der Waals surface area contributed by atoms with Crippen molar-refractivity contribution in [2.24, 2.45) is 11.8 Å². The molecule has 1 aliphatic heterocycles. The summed E-state index contributed by atoms with van der Waals surface area (Å²) in [5.74, 6) is 1.33. The number of hydrogen-bond donors (Lipinski definition) is 2. The molecule has 0 aromatic rings. The van der Waals surface area contributed by atoms with Gasteiger partial charge in [0.05, 0.1) is 5.60 Å². The highest BCUT2D eigenvalue weighted by molar-refractivity contribution is 4.87. The number of hydrogen-bond acceptors (Lipinski definition) is 3. The summed E-state index contributed by atoms with van der Waals surface area (Å²) in [5, 5.41) is 13.9. The fourth-order valence-corrected chi connectivity index (χ4v) is 2.70. The molecule has 0 aromatic heterocycles. The molecular weight excluding hydrogens is 212 g/mol. The highest BCUT2D eigenvalue weighted by Crippen LogP contribution is 2.20. The first kappa shape index (κ1) is 14.9. The van der Waals surface area contributed by atoms with Gasteiger partial charge < -0.3 is 10.4 Å². The molecule has 0 radical (unpaired) electrons. The normalized spacial score (nSPS) is 20.5. The van der Waals surface area contributed by atoms with E-state index in [1.165, 1.54) is 0 Å². The topological polar surface area (TPSA) is 35.5 Å².